The molecule has 170 valence electrons. The number of halogens is 3. The summed E-state index contributed by atoms with van der Waals surface area (Å²) in [7, 11) is 1.45. The van der Waals surface area contributed by atoms with Gasteiger partial charge in [0.15, 0.2) is 5.82 Å². The number of pyridine rings is 1. The fourth-order valence-corrected chi connectivity index (χ4v) is 4.23. The van der Waals surface area contributed by atoms with Gasteiger partial charge in [-0.15, -0.1) is 0 Å². The molecule has 3 aromatic rings. The Balaban J connectivity index is 1.79. The standard InChI is InChI=1S/C22H23F3N4O3/c1-11-15(5-4-6-18(11)22(23,24)25)12(2)26-20-17-10-29(13-7-14(30)8-13)19(31)9-16(17)21(32)28(3)27-20/h4-6,9-10,12-14,30H,7-8H2,1-3H3,(H,26,27)/t12-,13?,14?/m1/s1. The van der Waals surface area contributed by atoms with Crippen LogP contribution in [0, 0.1) is 6.92 Å². The minimum Gasteiger partial charge on any atom is -0.393 e. The van der Waals surface area contributed by atoms with E-state index in [1.54, 1.807) is 13.0 Å². The SMILES string of the molecule is Cc1c([C@@H](C)Nc2nn(C)c(=O)c3cc(=O)n(C4CC(O)C4)cc23)cccc1C(F)(F)F. The van der Waals surface area contributed by atoms with Crippen LogP contribution in [0.3, 0.4) is 0 Å². The Hall–Kier alpha value is -3.14. The van der Waals surface area contributed by atoms with Gasteiger partial charge in [0, 0.05) is 30.7 Å². The number of aromatic nitrogens is 3. The summed E-state index contributed by atoms with van der Waals surface area (Å²) >= 11 is 0. The molecular weight excluding hydrogens is 425 g/mol. The van der Waals surface area contributed by atoms with Gasteiger partial charge in [-0.3, -0.25) is 9.59 Å². The molecule has 0 saturated heterocycles. The van der Waals surface area contributed by atoms with E-state index in [9.17, 15) is 27.9 Å². The van der Waals surface area contributed by atoms with Gasteiger partial charge in [-0.25, -0.2) is 4.68 Å². The van der Waals surface area contributed by atoms with Gasteiger partial charge in [0.25, 0.3) is 11.1 Å². The maximum Gasteiger partial charge on any atom is 0.416 e. The highest BCUT2D eigenvalue weighted by molar-refractivity contribution is 5.90. The minimum absolute atomic E-state index is 0.106. The Morgan fingerprint density at radius 1 is 1.22 bits per heavy atom. The first-order valence-electron chi connectivity index (χ1n) is 10.2. The van der Waals surface area contributed by atoms with Crippen molar-refractivity contribution in [3.05, 3.63) is 67.9 Å². The third kappa shape index (κ3) is 3.79. The van der Waals surface area contributed by atoms with Crippen molar-refractivity contribution >= 4 is 16.6 Å². The van der Waals surface area contributed by atoms with Gasteiger partial charge in [0.2, 0.25) is 0 Å². The lowest BCUT2D eigenvalue weighted by molar-refractivity contribution is -0.138. The molecular formula is C22H23F3N4O3. The maximum atomic E-state index is 13.3. The number of nitrogens with one attached hydrogen (secondary N) is 1. The maximum absolute atomic E-state index is 13.3. The van der Waals surface area contributed by atoms with E-state index in [-0.39, 0.29) is 28.4 Å². The monoisotopic (exact) mass is 448 g/mol. The fraction of sp³-hybridized carbons (Fsp3) is 0.409. The molecule has 2 aromatic heterocycles. The van der Waals surface area contributed by atoms with Crippen molar-refractivity contribution in [3.63, 3.8) is 0 Å². The fourth-order valence-electron chi connectivity index (χ4n) is 4.23. The Morgan fingerprint density at radius 2 is 1.91 bits per heavy atom. The molecule has 1 aliphatic rings. The van der Waals surface area contributed by atoms with Gasteiger partial charge in [0.05, 0.1) is 23.1 Å². The topological polar surface area (TPSA) is 89.2 Å². The Labute approximate surface area is 181 Å². The number of fused-ring (bicyclic) bond motifs is 1. The first-order valence-corrected chi connectivity index (χ1v) is 10.2. The van der Waals surface area contributed by atoms with E-state index in [1.165, 1.54) is 36.9 Å². The molecule has 1 fully saturated rings. The summed E-state index contributed by atoms with van der Waals surface area (Å²) in [6.45, 7) is 3.13. The zero-order valence-electron chi connectivity index (χ0n) is 17.8. The first-order chi connectivity index (χ1) is 15.0. The van der Waals surface area contributed by atoms with E-state index in [2.05, 4.69) is 10.4 Å². The molecule has 7 nitrogen and oxygen atoms in total. The average Bonchev–Trinajstić information content (AvgIpc) is 2.68. The molecule has 0 aliphatic heterocycles. The van der Waals surface area contributed by atoms with Gasteiger partial charge in [-0.2, -0.15) is 18.3 Å². The summed E-state index contributed by atoms with van der Waals surface area (Å²) in [5, 5.41) is 17.5. The highest BCUT2D eigenvalue weighted by Gasteiger charge is 2.33. The quantitative estimate of drug-likeness (QED) is 0.640. The lowest BCUT2D eigenvalue weighted by Crippen LogP contribution is -2.36. The average molecular weight is 448 g/mol. The number of alkyl halides is 3. The summed E-state index contributed by atoms with van der Waals surface area (Å²) in [4.78, 5) is 25.1. The van der Waals surface area contributed by atoms with Crippen LogP contribution in [0.25, 0.3) is 10.8 Å². The van der Waals surface area contributed by atoms with Crippen LogP contribution in [-0.4, -0.2) is 25.6 Å². The highest BCUT2D eigenvalue weighted by Crippen LogP contribution is 2.36. The second-order valence-electron chi connectivity index (χ2n) is 8.29. The molecule has 0 bridgehead atoms. The number of aliphatic hydroxyl groups is 1. The molecule has 4 rings (SSSR count). The van der Waals surface area contributed by atoms with Gasteiger partial charge >= 0.3 is 6.18 Å². The molecule has 0 unspecified atom stereocenters. The second kappa shape index (κ2) is 7.77. The number of hydrogen-bond acceptors (Lipinski definition) is 5. The van der Waals surface area contributed by atoms with Gasteiger partial charge in [-0.05, 0) is 43.9 Å². The number of anilines is 1. The van der Waals surface area contributed by atoms with Crippen molar-refractivity contribution in [1.29, 1.82) is 0 Å². The summed E-state index contributed by atoms with van der Waals surface area (Å²) in [5.41, 5.74) is -0.968. The molecule has 2 heterocycles. The largest absolute Gasteiger partial charge is 0.416 e. The number of nitrogens with zero attached hydrogens (tertiary/aromatic N) is 3. The molecule has 1 saturated carbocycles. The van der Waals surface area contributed by atoms with Crippen LogP contribution in [-0.2, 0) is 13.2 Å². The van der Waals surface area contributed by atoms with Crippen LogP contribution in [0.15, 0.2) is 40.1 Å². The first kappa shape index (κ1) is 22.1. The zero-order chi connectivity index (χ0) is 23.4. The van der Waals surface area contributed by atoms with Gasteiger partial charge in [0.1, 0.15) is 0 Å². The zero-order valence-corrected chi connectivity index (χ0v) is 17.8. The van der Waals surface area contributed by atoms with E-state index in [0.29, 0.717) is 23.8 Å². The van der Waals surface area contributed by atoms with E-state index in [0.717, 1.165) is 10.7 Å². The van der Waals surface area contributed by atoms with E-state index in [1.807, 2.05) is 0 Å². The van der Waals surface area contributed by atoms with Crippen molar-refractivity contribution in [2.24, 2.45) is 7.05 Å². The second-order valence-corrected chi connectivity index (χ2v) is 8.29. The van der Waals surface area contributed by atoms with Gasteiger partial charge in [-0.1, -0.05) is 12.1 Å². The van der Waals surface area contributed by atoms with Crippen LogP contribution in [0.4, 0.5) is 19.0 Å². The minimum atomic E-state index is -4.47. The summed E-state index contributed by atoms with van der Waals surface area (Å²) in [6, 6.07) is 4.51. The van der Waals surface area contributed by atoms with E-state index in [4.69, 9.17) is 0 Å². The third-order valence-electron chi connectivity index (χ3n) is 6.09. The summed E-state index contributed by atoms with van der Waals surface area (Å²) < 4.78 is 42.5. The number of rotatable bonds is 4. The number of hydrogen-bond donors (Lipinski definition) is 2. The van der Waals surface area contributed by atoms with Crippen LogP contribution in [0.5, 0.6) is 0 Å². The van der Waals surface area contributed by atoms with Crippen LogP contribution >= 0.6 is 0 Å². The highest BCUT2D eigenvalue weighted by atomic mass is 19.4. The molecule has 0 radical (unpaired) electrons. The number of aryl methyl sites for hydroxylation is 1. The van der Waals surface area contributed by atoms with Crippen molar-refractivity contribution in [2.75, 3.05) is 5.32 Å². The smallest absolute Gasteiger partial charge is 0.393 e. The number of benzene rings is 1. The molecule has 1 aromatic carbocycles. The Bertz CT molecular complexity index is 1310. The summed E-state index contributed by atoms with van der Waals surface area (Å²) in [5.74, 6) is 0.278. The molecule has 0 amide bonds. The molecule has 2 N–H and O–H groups in total. The number of aliphatic hydroxyl groups excluding tert-OH is 1. The van der Waals surface area contributed by atoms with Gasteiger partial charge < -0.3 is 15.0 Å². The van der Waals surface area contributed by atoms with E-state index >= 15 is 0 Å². The normalized spacial score (nSPS) is 19.6. The van der Waals surface area contributed by atoms with E-state index < -0.39 is 29.4 Å². The Kier molecular flexibility index (Phi) is 5.36. The van der Waals surface area contributed by atoms with Crippen LogP contribution in [0.2, 0.25) is 0 Å². The van der Waals surface area contributed by atoms with Crippen molar-refractivity contribution in [3.8, 4) is 0 Å². The van der Waals surface area contributed by atoms with Crippen molar-refractivity contribution in [2.45, 2.75) is 51.1 Å². The molecule has 10 heteroatoms. The predicted molar refractivity (Wildman–Crippen MR) is 114 cm³/mol. The van der Waals surface area contributed by atoms with Crippen LogP contribution in [0.1, 0.15) is 48.5 Å². The summed E-state index contributed by atoms with van der Waals surface area (Å²) in [6.07, 6.45) is -2.52. The lowest BCUT2D eigenvalue weighted by atomic mass is 9.89. The Morgan fingerprint density at radius 3 is 2.53 bits per heavy atom. The predicted octanol–water partition coefficient (Wildman–Crippen LogP) is 3.29. The third-order valence-corrected chi connectivity index (χ3v) is 6.09. The lowest BCUT2D eigenvalue weighted by Gasteiger charge is -2.33. The van der Waals surface area contributed by atoms with Crippen LogP contribution < -0.4 is 16.4 Å². The molecule has 32 heavy (non-hydrogen) atoms. The molecule has 1 aliphatic carbocycles. The van der Waals surface area contributed by atoms with Crippen molar-refractivity contribution in [1.82, 2.24) is 14.3 Å². The molecule has 0 spiro atoms. The molecule has 1 atom stereocenters. The van der Waals surface area contributed by atoms with Crippen molar-refractivity contribution < 1.29 is 18.3 Å².